The number of rotatable bonds is 4. The molecule has 2 heterocycles. The van der Waals surface area contributed by atoms with Crippen LogP contribution in [0.1, 0.15) is 45.8 Å². The van der Waals surface area contributed by atoms with E-state index in [-0.39, 0.29) is 0 Å². The van der Waals surface area contributed by atoms with Gasteiger partial charge in [0.2, 0.25) is 0 Å². The number of hydrogen-bond donors (Lipinski definition) is 0. The first kappa shape index (κ1) is 25.2. The molecule has 0 nitrogen and oxygen atoms in total. The van der Waals surface area contributed by atoms with E-state index in [1.54, 1.807) is 20.9 Å². The smallest absolute Gasteiger partial charge is 0.0743 e. The Balaban J connectivity index is 1.21. The molecule has 41 heavy (non-hydrogen) atoms. The molecule has 0 N–H and O–H groups in total. The van der Waals surface area contributed by atoms with Gasteiger partial charge >= 0.3 is 0 Å². The van der Waals surface area contributed by atoms with Crippen LogP contribution in [-0.2, 0) is 0 Å². The average molecular weight is 581 g/mol. The molecule has 0 radical (unpaired) electrons. The van der Waals surface area contributed by atoms with Gasteiger partial charge in [0.25, 0.3) is 0 Å². The average Bonchev–Trinajstić information content (AvgIpc) is 3.72. The summed E-state index contributed by atoms with van der Waals surface area (Å²) in [6.45, 7) is 10.1. The van der Waals surface area contributed by atoms with E-state index < -0.39 is 8.07 Å². The van der Waals surface area contributed by atoms with Crippen molar-refractivity contribution in [3.63, 3.8) is 0 Å². The van der Waals surface area contributed by atoms with E-state index in [1.807, 2.05) is 22.7 Å². The van der Waals surface area contributed by atoms with E-state index >= 15 is 0 Å². The fourth-order valence-electron chi connectivity index (χ4n) is 7.90. The van der Waals surface area contributed by atoms with Crippen molar-refractivity contribution >= 4 is 64.4 Å². The van der Waals surface area contributed by atoms with Crippen LogP contribution in [0.5, 0.6) is 0 Å². The molecule has 0 saturated carbocycles. The second kappa shape index (κ2) is 9.25. The van der Waals surface area contributed by atoms with Crippen LogP contribution in [0, 0.1) is 0 Å². The Morgan fingerprint density at radius 2 is 0.927 bits per heavy atom. The van der Waals surface area contributed by atoms with Crippen LogP contribution in [0.15, 0.2) is 107 Å². The Hall–Kier alpha value is -3.50. The highest BCUT2D eigenvalue weighted by Gasteiger charge is 2.48. The molecule has 2 atom stereocenters. The van der Waals surface area contributed by atoms with Crippen molar-refractivity contribution in [2.24, 2.45) is 0 Å². The van der Waals surface area contributed by atoms with Gasteiger partial charge in [0.05, 0.1) is 8.07 Å². The third-order valence-corrected chi connectivity index (χ3v) is 16.6. The van der Waals surface area contributed by atoms with E-state index in [1.165, 1.54) is 54.9 Å². The lowest BCUT2D eigenvalue weighted by atomic mass is 9.97. The minimum Gasteiger partial charge on any atom is -0.147 e. The van der Waals surface area contributed by atoms with Crippen molar-refractivity contribution < 1.29 is 0 Å². The standard InChI is InChI=1S/C38H32S2Si/c1-23-19-31-33(29-17-9-13-25-11-5-7-15-27(25)29)21-39-35(31)37(23)41(3,4)38-24(2)20-32-34(22-40-36(32)38)30-18-10-14-26-12-6-8-16-28(26)30/h5-22,37-38H,1-4H3. The molecule has 2 aromatic heterocycles. The second-order valence-electron chi connectivity index (χ2n) is 12.4. The molecule has 8 rings (SSSR count). The number of allylic oxidation sites excluding steroid dienone is 2. The first-order chi connectivity index (χ1) is 19.9. The van der Waals surface area contributed by atoms with Gasteiger partial charge in [0, 0.05) is 32.0 Å². The Morgan fingerprint density at radius 3 is 1.39 bits per heavy atom. The SMILES string of the molecule is CC1=Cc2c(-c3cccc4ccccc34)csc2C1[Si](C)(C)C1C(C)=Cc2c(-c3cccc4ccccc34)csc21. The molecule has 2 unspecified atom stereocenters. The van der Waals surface area contributed by atoms with E-state index in [4.69, 9.17) is 0 Å². The predicted octanol–water partition coefficient (Wildman–Crippen LogP) is 11.9. The van der Waals surface area contributed by atoms with Gasteiger partial charge in [0.1, 0.15) is 0 Å². The summed E-state index contributed by atoms with van der Waals surface area (Å²) in [7, 11) is -1.86. The Bertz CT molecular complexity index is 1910. The van der Waals surface area contributed by atoms with Crippen molar-refractivity contribution in [3.8, 4) is 22.3 Å². The van der Waals surface area contributed by atoms with Gasteiger partial charge in [-0.1, -0.05) is 121 Å². The van der Waals surface area contributed by atoms with Crippen LogP contribution in [0.4, 0.5) is 0 Å². The maximum Gasteiger partial charge on any atom is 0.0743 e. The summed E-state index contributed by atoms with van der Waals surface area (Å²) in [5.74, 6) is 0. The highest BCUT2D eigenvalue weighted by atomic mass is 32.1. The summed E-state index contributed by atoms with van der Waals surface area (Å²) >= 11 is 3.98. The summed E-state index contributed by atoms with van der Waals surface area (Å²) in [5, 5.41) is 10.2. The first-order valence-electron chi connectivity index (χ1n) is 14.5. The number of fused-ring (bicyclic) bond motifs is 4. The third-order valence-electron chi connectivity index (χ3n) is 9.55. The van der Waals surface area contributed by atoms with E-state index in [0.717, 1.165) is 0 Å². The number of hydrogen-bond acceptors (Lipinski definition) is 2. The number of benzene rings is 4. The molecule has 2 aliphatic carbocycles. The highest BCUT2D eigenvalue weighted by Crippen LogP contribution is 2.57. The summed E-state index contributed by atoms with van der Waals surface area (Å²) < 4.78 is 0. The van der Waals surface area contributed by atoms with Gasteiger partial charge in [-0.2, -0.15) is 0 Å². The van der Waals surface area contributed by atoms with E-state index in [9.17, 15) is 0 Å². The van der Waals surface area contributed by atoms with Gasteiger partial charge in [-0.05, 0) is 68.4 Å². The molecule has 4 aromatic carbocycles. The van der Waals surface area contributed by atoms with Crippen LogP contribution >= 0.6 is 22.7 Å². The molecule has 0 spiro atoms. The normalized spacial score (nSPS) is 18.0. The van der Waals surface area contributed by atoms with Gasteiger partial charge in [-0.25, -0.2) is 0 Å². The molecule has 0 amide bonds. The summed E-state index contributed by atoms with van der Waals surface area (Å²) in [6, 6.07) is 31.1. The third kappa shape index (κ3) is 3.69. The largest absolute Gasteiger partial charge is 0.147 e. The summed E-state index contributed by atoms with van der Waals surface area (Å²) in [4.78, 5) is 3.18. The van der Waals surface area contributed by atoms with Crippen LogP contribution in [-0.4, -0.2) is 8.07 Å². The minimum absolute atomic E-state index is 0.536. The molecule has 0 fully saturated rings. The molecule has 0 bridgehead atoms. The zero-order valence-corrected chi connectivity index (χ0v) is 26.5. The fourth-order valence-corrected chi connectivity index (χ4v) is 16.9. The maximum absolute atomic E-state index is 2.65. The van der Waals surface area contributed by atoms with E-state index in [0.29, 0.717) is 11.1 Å². The maximum atomic E-state index is 2.65. The molecular weight excluding hydrogens is 549 g/mol. The highest BCUT2D eigenvalue weighted by molar-refractivity contribution is 7.13. The fraction of sp³-hybridized carbons (Fsp3) is 0.158. The lowest BCUT2D eigenvalue weighted by Gasteiger charge is -2.37. The van der Waals surface area contributed by atoms with Gasteiger partial charge in [0.15, 0.2) is 0 Å². The quantitative estimate of drug-likeness (QED) is 0.182. The first-order valence-corrected chi connectivity index (χ1v) is 19.4. The van der Waals surface area contributed by atoms with Crippen molar-refractivity contribution in [2.75, 3.05) is 0 Å². The minimum atomic E-state index is -1.86. The molecule has 3 heteroatoms. The predicted molar refractivity (Wildman–Crippen MR) is 185 cm³/mol. The summed E-state index contributed by atoms with van der Waals surface area (Å²) in [5.41, 5.74) is 12.7. The monoisotopic (exact) mass is 580 g/mol. The summed E-state index contributed by atoms with van der Waals surface area (Å²) in [6.07, 6.45) is 5.04. The van der Waals surface area contributed by atoms with Gasteiger partial charge in [-0.15, -0.1) is 22.7 Å². The Morgan fingerprint density at radius 1 is 0.512 bits per heavy atom. The van der Waals surface area contributed by atoms with Crippen molar-refractivity contribution in [3.05, 3.63) is 128 Å². The zero-order chi connectivity index (χ0) is 27.9. The van der Waals surface area contributed by atoms with Crippen LogP contribution in [0.25, 0.3) is 56.0 Å². The van der Waals surface area contributed by atoms with E-state index in [2.05, 4.69) is 135 Å². The Labute approximate surface area is 251 Å². The van der Waals surface area contributed by atoms with Gasteiger partial charge < -0.3 is 0 Å². The van der Waals surface area contributed by atoms with Crippen molar-refractivity contribution in [2.45, 2.75) is 38.0 Å². The molecular formula is C38H32S2Si. The van der Waals surface area contributed by atoms with Crippen LogP contribution < -0.4 is 0 Å². The molecule has 200 valence electrons. The van der Waals surface area contributed by atoms with Crippen LogP contribution in [0.3, 0.4) is 0 Å². The zero-order valence-electron chi connectivity index (χ0n) is 23.9. The molecule has 0 saturated heterocycles. The van der Waals surface area contributed by atoms with Crippen LogP contribution in [0.2, 0.25) is 13.1 Å². The molecule has 6 aromatic rings. The lowest BCUT2D eigenvalue weighted by Crippen LogP contribution is -2.41. The molecule has 0 aliphatic heterocycles. The Kier molecular flexibility index (Phi) is 5.69. The number of thiophene rings is 2. The van der Waals surface area contributed by atoms with Crippen molar-refractivity contribution in [1.82, 2.24) is 0 Å². The van der Waals surface area contributed by atoms with Gasteiger partial charge in [-0.3, -0.25) is 0 Å². The van der Waals surface area contributed by atoms with Crippen molar-refractivity contribution in [1.29, 1.82) is 0 Å². The lowest BCUT2D eigenvalue weighted by molar-refractivity contribution is 0.994. The topological polar surface area (TPSA) is 0 Å². The second-order valence-corrected chi connectivity index (χ2v) is 19.0. The molecule has 2 aliphatic rings.